The van der Waals surface area contributed by atoms with E-state index in [4.69, 9.17) is 4.74 Å². The highest BCUT2D eigenvalue weighted by Crippen LogP contribution is 2.30. The molecule has 4 aromatic rings. The lowest BCUT2D eigenvalue weighted by Gasteiger charge is -2.17. The second-order valence-electron chi connectivity index (χ2n) is 7.47. The maximum absolute atomic E-state index is 13.2. The molecule has 0 spiro atoms. The SMILES string of the molecule is CC(C)Oc1ccc(-c2csc(NC(=O)C(c3ccccc3)c3ccccc3)n2)cc1. The molecule has 0 aliphatic carbocycles. The van der Waals surface area contributed by atoms with E-state index in [0.29, 0.717) is 5.13 Å². The number of nitrogens with zero attached hydrogens (tertiary/aromatic N) is 1. The van der Waals surface area contributed by atoms with E-state index in [2.05, 4.69) is 10.3 Å². The van der Waals surface area contributed by atoms with Crippen molar-refractivity contribution >= 4 is 22.4 Å². The molecule has 5 heteroatoms. The highest BCUT2D eigenvalue weighted by Gasteiger charge is 2.23. The number of carbonyl (C=O) groups excluding carboxylic acids is 1. The standard InChI is InChI=1S/C26H24N2O2S/c1-18(2)30-22-15-13-19(14-16-22)23-17-31-26(27-23)28-25(29)24(20-9-5-3-6-10-20)21-11-7-4-8-12-21/h3-18,24H,1-2H3,(H,27,28,29). The Bertz CT molecular complexity index is 1080. The molecule has 3 aromatic carbocycles. The van der Waals surface area contributed by atoms with Gasteiger partial charge < -0.3 is 10.1 Å². The number of carbonyl (C=O) groups is 1. The third kappa shape index (κ3) is 5.19. The van der Waals surface area contributed by atoms with Crippen LogP contribution in [0, 0.1) is 0 Å². The van der Waals surface area contributed by atoms with E-state index in [-0.39, 0.29) is 12.0 Å². The lowest BCUT2D eigenvalue weighted by Crippen LogP contribution is -2.22. The van der Waals surface area contributed by atoms with Crippen molar-refractivity contribution in [3.63, 3.8) is 0 Å². The van der Waals surface area contributed by atoms with Crippen LogP contribution in [0.4, 0.5) is 5.13 Å². The van der Waals surface area contributed by atoms with Crippen molar-refractivity contribution in [2.75, 3.05) is 5.32 Å². The van der Waals surface area contributed by atoms with Crippen LogP contribution in [-0.2, 0) is 4.79 Å². The first kappa shape index (κ1) is 20.8. The Balaban J connectivity index is 1.53. The van der Waals surface area contributed by atoms with Gasteiger partial charge in [0.25, 0.3) is 0 Å². The van der Waals surface area contributed by atoms with Crippen LogP contribution in [0.1, 0.15) is 30.9 Å². The first-order chi connectivity index (χ1) is 15.1. The molecule has 0 unspecified atom stereocenters. The summed E-state index contributed by atoms with van der Waals surface area (Å²) in [5.41, 5.74) is 3.70. The molecule has 0 atom stereocenters. The van der Waals surface area contributed by atoms with E-state index in [1.54, 1.807) is 0 Å². The average molecular weight is 429 g/mol. The molecule has 1 amide bonds. The third-order valence-electron chi connectivity index (χ3n) is 4.78. The van der Waals surface area contributed by atoms with Crippen LogP contribution in [0.15, 0.2) is 90.3 Å². The number of hydrogen-bond acceptors (Lipinski definition) is 4. The monoisotopic (exact) mass is 428 g/mol. The Morgan fingerprint density at radius 3 is 2.00 bits per heavy atom. The molecule has 0 radical (unpaired) electrons. The van der Waals surface area contributed by atoms with Crippen LogP contribution >= 0.6 is 11.3 Å². The summed E-state index contributed by atoms with van der Waals surface area (Å²) in [4.78, 5) is 17.9. The van der Waals surface area contributed by atoms with Crippen molar-refractivity contribution in [3.05, 3.63) is 101 Å². The zero-order chi connectivity index (χ0) is 21.6. The zero-order valence-electron chi connectivity index (χ0n) is 17.5. The molecule has 0 fully saturated rings. The number of rotatable bonds is 7. The van der Waals surface area contributed by atoms with Gasteiger partial charge in [0.05, 0.1) is 17.7 Å². The van der Waals surface area contributed by atoms with E-state index < -0.39 is 5.92 Å². The number of thiazole rings is 1. The number of aromatic nitrogens is 1. The molecule has 0 bridgehead atoms. The van der Waals surface area contributed by atoms with Gasteiger partial charge in [-0.15, -0.1) is 11.3 Å². The Kier molecular flexibility index (Phi) is 6.43. The second-order valence-corrected chi connectivity index (χ2v) is 8.33. The summed E-state index contributed by atoms with van der Waals surface area (Å²) in [7, 11) is 0. The molecule has 1 N–H and O–H groups in total. The minimum absolute atomic E-state index is 0.0982. The summed E-state index contributed by atoms with van der Waals surface area (Å²) in [6.45, 7) is 4.00. The van der Waals surface area contributed by atoms with Gasteiger partial charge in [-0.05, 0) is 49.2 Å². The summed E-state index contributed by atoms with van der Waals surface area (Å²) in [6, 6.07) is 27.5. The van der Waals surface area contributed by atoms with Crippen LogP contribution < -0.4 is 10.1 Å². The molecule has 4 nitrogen and oxygen atoms in total. The Hall–Kier alpha value is -3.44. The topological polar surface area (TPSA) is 51.2 Å². The summed E-state index contributed by atoms with van der Waals surface area (Å²) in [6.07, 6.45) is 0.133. The molecule has 1 heterocycles. The predicted molar refractivity (Wildman–Crippen MR) is 127 cm³/mol. The van der Waals surface area contributed by atoms with Gasteiger partial charge in [-0.25, -0.2) is 4.98 Å². The first-order valence-electron chi connectivity index (χ1n) is 10.2. The molecule has 0 saturated carbocycles. The zero-order valence-corrected chi connectivity index (χ0v) is 18.3. The Morgan fingerprint density at radius 2 is 1.45 bits per heavy atom. The normalized spacial score (nSPS) is 11.0. The predicted octanol–water partition coefficient (Wildman–Crippen LogP) is 6.37. The third-order valence-corrected chi connectivity index (χ3v) is 5.54. The summed E-state index contributed by atoms with van der Waals surface area (Å²) in [5.74, 6) is 0.331. The Labute approximate surface area is 186 Å². The average Bonchev–Trinajstić information content (AvgIpc) is 3.24. The van der Waals surface area contributed by atoms with Gasteiger partial charge in [0.1, 0.15) is 5.75 Å². The van der Waals surface area contributed by atoms with Gasteiger partial charge >= 0.3 is 0 Å². The van der Waals surface area contributed by atoms with Crippen molar-refractivity contribution < 1.29 is 9.53 Å². The maximum atomic E-state index is 13.2. The largest absolute Gasteiger partial charge is 0.491 e. The van der Waals surface area contributed by atoms with E-state index in [1.807, 2.05) is 104 Å². The second kappa shape index (κ2) is 9.58. The van der Waals surface area contributed by atoms with Gasteiger partial charge in [-0.3, -0.25) is 4.79 Å². The molecule has 31 heavy (non-hydrogen) atoms. The van der Waals surface area contributed by atoms with Crippen molar-refractivity contribution in [2.45, 2.75) is 25.9 Å². The molecule has 1 aromatic heterocycles. The highest BCUT2D eigenvalue weighted by atomic mass is 32.1. The number of ether oxygens (including phenoxy) is 1. The number of amides is 1. The summed E-state index contributed by atoms with van der Waals surface area (Å²) in [5, 5.41) is 5.55. The highest BCUT2D eigenvalue weighted by molar-refractivity contribution is 7.14. The van der Waals surface area contributed by atoms with Gasteiger partial charge in [0.2, 0.25) is 5.91 Å². The number of nitrogens with one attached hydrogen (secondary N) is 1. The fraction of sp³-hybridized carbons (Fsp3) is 0.154. The van der Waals surface area contributed by atoms with Gasteiger partial charge in [0.15, 0.2) is 5.13 Å². The number of anilines is 1. The van der Waals surface area contributed by atoms with Gasteiger partial charge in [-0.1, -0.05) is 60.7 Å². The molecule has 0 aliphatic rings. The van der Waals surface area contributed by atoms with E-state index >= 15 is 0 Å². The minimum atomic E-state index is -0.401. The van der Waals surface area contributed by atoms with Crippen LogP contribution in [0.5, 0.6) is 5.75 Å². The van der Waals surface area contributed by atoms with Crippen molar-refractivity contribution in [1.29, 1.82) is 0 Å². The van der Waals surface area contributed by atoms with Gasteiger partial charge in [-0.2, -0.15) is 0 Å². The summed E-state index contributed by atoms with van der Waals surface area (Å²) >= 11 is 1.42. The lowest BCUT2D eigenvalue weighted by atomic mass is 9.90. The number of hydrogen-bond donors (Lipinski definition) is 1. The van der Waals surface area contributed by atoms with Crippen LogP contribution in [0.2, 0.25) is 0 Å². The molecule has 156 valence electrons. The maximum Gasteiger partial charge on any atom is 0.238 e. The molecule has 0 saturated heterocycles. The smallest absolute Gasteiger partial charge is 0.238 e. The van der Waals surface area contributed by atoms with Crippen molar-refractivity contribution in [2.24, 2.45) is 0 Å². The quantitative estimate of drug-likeness (QED) is 0.372. The van der Waals surface area contributed by atoms with E-state index in [1.165, 1.54) is 11.3 Å². The van der Waals surface area contributed by atoms with E-state index in [0.717, 1.165) is 28.1 Å². The molecular formula is C26H24N2O2S. The fourth-order valence-corrected chi connectivity index (χ4v) is 4.13. The van der Waals surface area contributed by atoms with Crippen molar-refractivity contribution in [1.82, 2.24) is 4.98 Å². The Morgan fingerprint density at radius 1 is 0.871 bits per heavy atom. The van der Waals surface area contributed by atoms with Crippen LogP contribution in [0.3, 0.4) is 0 Å². The first-order valence-corrected chi connectivity index (χ1v) is 11.1. The molecular weight excluding hydrogens is 404 g/mol. The number of benzene rings is 3. The van der Waals surface area contributed by atoms with E-state index in [9.17, 15) is 4.79 Å². The fourth-order valence-electron chi connectivity index (χ4n) is 3.40. The molecule has 4 rings (SSSR count). The van der Waals surface area contributed by atoms with Gasteiger partial charge in [0, 0.05) is 10.9 Å². The minimum Gasteiger partial charge on any atom is -0.491 e. The van der Waals surface area contributed by atoms with Crippen molar-refractivity contribution in [3.8, 4) is 17.0 Å². The lowest BCUT2D eigenvalue weighted by molar-refractivity contribution is -0.116. The van der Waals surface area contributed by atoms with Crippen LogP contribution in [0.25, 0.3) is 11.3 Å². The molecule has 0 aliphatic heterocycles. The van der Waals surface area contributed by atoms with Crippen LogP contribution in [-0.4, -0.2) is 17.0 Å². The summed E-state index contributed by atoms with van der Waals surface area (Å²) < 4.78 is 5.70.